The molecule has 2 aliphatic heterocycles. The number of carbonyl (C=O) groups is 15. The third kappa shape index (κ3) is 31.5. The largest absolute Gasteiger partial charge is 0.481 e. The van der Waals surface area contributed by atoms with Gasteiger partial charge >= 0.3 is 17.9 Å². The molecule has 47 heteroatoms. The number of carboxylic acid groups (broad SMARTS) is 3. The van der Waals surface area contributed by atoms with Crippen molar-refractivity contribution in [3.05, 3.63) is 90.5 Å². The molecule has 5 heterocycles. The summed E-state index contributed by atoms with van der Waals surface area (Å²) in [5.74, 6) is -16.7. The lowest BCUT2D eigenvalue weighted by Crippen LogP contribution is -2.61. The van der Waals surface area contributed by atoms with Crippen molar-refractivity contribution in [1.29, 1.82) is 16.2 Å². The Morgan fingerprint density at radius 1 is 0.444 bits per heavy atom. The van der Waals surface area contributed by atoms with Gasteiger partial charge in [0.2, 0.25) is 70.9 Å². The SMILES string of the molecule is N=C(N)NCCC[C@H](NC(=O)[C@@H]1CCCN1C(=O)[C@H](CCCNC(=N)N)NC(=O)CNC(=O)[C@H](CO)NC(=O)[C@H](Cc1ccccc1)NC(=O)[C@H](Cc1cnc[nH]1)NC(=O)[C@H](CCC(=O)O)NC(=O)[C@@H]1CCCN1C(=O)[C@H](Cc1cnc[nH]1)NC(=O)[C@H](Cc1cnc[nH]1)NC(=O)[C@@H](N)CCCNC(=N)N)C(=O)N[C@@H](CCC(=O)O)C(=O)O. The van der Waals surface area contributed by atoms with Gasteiger partial charge in [-0.1, -0.05) is 30.3 Å². The molecule has 12 atom stereocenters. The van der Waals surface area contributed by atoms with Gasteiger partial charge in [0, 0.05) is 107 Å². The van der Waals surface area contributed by atoms with Crippen LogP contribution in [-0.4, -0.2) is 285 Å². The van der Waals surface area contributed by atoms with Crippen LogP contribution >= 0.6 is 0 Å². The third-order valence-electron chi connectivity index (χ3n) is 18.8. The van der Waals surface area contributed by atoms with Gasteiger partial charge in [-0.3, -0.25) is 83.4 Å². The molecule has 638 valence electrons. The van der Waals surface area contributed by atoms with E-state index in [1.165, 1.54) is 42.5 Å². The summed E-state index contributed by atoms with van der Waals surface area (Å²) in [7, 11) is 0. The molecule has 3 aromatic heterocycles. The molecule has 0 bridgehead atoms. The van der Waals surface area contributed by atoms with Crippen molar-refractivity contribution in [2.45, 2.75) is 188 Å². The maximum atomic E-state index is 14.9. The molecule has 4 aromatic rings. The number of carboxylic acids is 3. The highest BCUT2D eigenvalue weighted by atomic mass is 16.4. The molecule has 0 unspecified atom stereocenters. The summed E-state index contributed by atoms with van der Waals surface area (Å²) < 4.78 is 0. The molecule has 0 aliphatic carbocycles. The molecule has 0 radical (unpaired) electrons. The fraction of sp³-hybridized carbons (Fsp3) is 0.529. The number of imidazole rings is 3. The second kappa shape index (κ2) is 47.3. The lowest BCUT2D eigenvalue weighted by atomic mass is 10.0. The van der Waals surface area contributed by atoms with Gasteiger partial charge in [-0.2, -0.15) is 0 Å². The van der Waals surface area contributed by atoms with Crippen LogP contribution in [0.2, 0.25) is 0 Å². The molecular formula is C70H104N28O19. The third-order valence-corrected chi connectivity index (χ3v) is 18.8. The Kier molecular flexibility index (Phi) is 37.4. The number of aliphatic hydroxyl groups excluding tert-OH is 1. The Morgan fingerprint density at radius 3 is 1.26 bits per heavy atom. The molecule has 117 heavy (non-hydrogen) atoms. The predicted molar refractivity (Wildman–Crippen MR) is 411 cm³/mol. The number of hydrogen-bond acceptors (Lipinski definition) is 23. The summed E-state index contributed by atoms with van der Waals surface area (Å²) in [5.41, 5.74) is 23.9. The maximum absolute atomic E-state index is 14.9. The number of amides is 12. The molecular weight excluding hydrogens is 1540 g/mol. The van der Waals surface area contributed by atoms with Crippen LogP contribution in [0, 0.1) is 16.2 Å². The molecule has 1 aromatic carbocycles. The molecule has 47 nitrogen and oxygen atoms in total. The monoisotopic (exact) mass is 1640 g/mol. The van der Waals surface area contributed by atoms with E-state index in [1.807, 2.05) is 0 Å². The minimum atomic E-state index is -1.85. The summed E-state index contributed by atoms with van der Waals surface area (Å²) in [6.07, 6.45) is 5.48. The minimum Gasteiger partial charge on any atom is -0.481 e. The van der Waals surface area contributed by atoms with E-state index in [4.69, 9.17) is 44.3 Å². The first-order valence-corrected chi connectivity index (χ1v) is 37.6. The van der Waals surface area contributed by atoms with E-state index in [-0.39, 0.29) is 128 Å². The van der Waals surface area contributed by atoms with Gasteiger partial charge in [0.05, 0.1) is 38.2 Å². The summed E-state index contributed by atoms with van der Waals surface area (Å²) in [6, 6.07) is -9.88. The van der Waals surface area contributed by atoms with Crippen LogP contribution in [0.1, 0.15) is 113 Å². The van der Waals surface area contributed by atoms with Crippen molar-refractivity contribution in [2.75, 3.05) is 45.9 Å². The Morgan fingerprint density at radius 2 is 0.829 bits per heavy atom. The standard InChI is InChI=1S/C70H104N28O19/c71-41(11-4-20-81-68(72)73)56(105)92-47(26-38-29-78-34-85-38)62(111)95-49(28-40-31-80-36-87-40)66(115)98-24-8-15-52(98)64(113)90-43(16-18-54(101)102)59(108)94-48(27-39-30-79-35-86-39)61(110)93-46(25-37-9-2-1-3-10-37)60(109)96-50(33-99)57(106)84-32-53(100)88-44(13-6-22-83-70(76)77)65(114)97-23-7-14-51(97)63(112)89-42(12-5-21-82-69(74)75)58(107)91-45(67(116)117)17-19-55(103)104/h1-3,9-10,29-31,34-36,41-52,99H,4-8,11-28,32-33,71H2,(H,78,85)(H,79,86)(H,80,87)(H,84,106)(H,88,100)(H,89,112)(H,90,113)(H,91,107)(H,92,105)(H,93,110)(H,94,108)(H,95,111)(H,96,109)(H,101,102)(H,103,104)(H,116,117)(H4,72,73,81)(H4,74,75,82)(H4,76,77,83)/t41-,42-,43-,44-,45-,46-,47-,48-,49-,50-,51-,52-/m0/s1. The zero-order valence-corrected chi connectivity index (χ0v) is 63.9. The van der Waals surface area contributed by atoms with Crippen LogP contribution < -0.4 is 92.1 Å². The minimum absolute atomic E-state index is 0.0123. The summed E-state index contributed by atoms with van der Waals surface area (Å²) in [5, 5.41) is 94.6. The van der Waals surface area contributed by atoms with Crippen LogP contribution in [-0.2, 0) is 97.6 Å². The van der Waals surface area contributed by atoms with E-state index in [2.05, 4.69) is 99.0 Å². The first-order valence-electron chi connectivity index (χ1n) is 37.6. The Hall–Kier alpha value is -13.4. The second-order valence-electron chi connectivity index (χ2n) is 27.7. The van der Waals surface area contributed by atoms with Gasteiger partial charge in [0.15, 0.2) is 17.9 Å². The number of aromatic nitrogens is 6. The van der Waals surface area contributed by atoms with Gasteiger partial charge in [-0.25, -0.2) is 19.7 Å². The van der Waals surface area contributed by atoms with Crippen LogP contribution in [0.3, 0.4) is 0 Å². The van der Waals surface area contributed by atoms with Gasteiger partial charge in [0.25, 0.3) is 0 Å². The van der Waals surface area contributed by atoms with Crippen molar-refractivity contribution in [3.8, 4) is 0 Å². The number of likely N-dealkylation sites (tertiary alicyclic amines) is 2. The van der Waals surface area contributed by atoms with E-state index in [1.54, 1.807) is 30.3 Å². The lowest BCUT2D eigenvalue weighted by Gasteiger charge is -2.31. The van der Waals surface area contributed by atoms with Crippen LogP contribution in [0.25, 0.3) is 0 Å². The number of benzene rings is 1. The fourth-order valence-corrected chi connectivity index (χ4v) is 12.8. The summed E-state index contributed by atoms with van der Waals surface area (Å²) in [6.45, 7) is -1.80. The molecule has 0 saturated carbocycles. The first-order chi connectivity index (χ1) is 55.8. The molecule has 0 spiro atoms. The normalized spacial score (nSPS) is 16.2. The average Bonchev–Trinajstić information content (AvgIpc) is 1.74. The van der Waals surface area contributed by atoms with Crippen LogP contribution in [0.15, 0.2) is 67.9 Å². The number of guanidine groups is 3. The zero-order chi connectivity index (χ0) is 85.7. The Balaban J connectivity index is 1.16. The molecule has 2 aliphatic rings. The number of H-pyrrole nitrogens is 3. The van der Waals surface area contributed by atoms with Crippen molar-refractivity contribution >= 4 is 107 Å². The molecule has 2 saturated heterocycles. The predicted octanol–water partition coefficient (Wildman–Crippen LogP) is -8.49. The quantitative estimate of drug-likeness (QED) is 0.0111. The van der Waals surface area contributed by atoms with E-state index in [0.717, 1.165) is 4.90 Å². The highest BCUT2D eigenvalue weighted by Gasteiger charge is 2.43. The van der Waals surface area contributed by atoms with Crippen LogP contribution in [0.5, 0.6) is 0 Å². The molecule has 12 amide bonds. The highest BCUT2D eigenvalue weighted by Crippen LogP contribution is 2.23. The number of rotatable bonds is 50. The van der Waals surface area contributed by atoms with Gasteiger partial charge in [0.1, 0.15) is 66.5 Å². The van der Waals surface area contributed by atoms with E-state index in [0.29, 0.717) is 23.4 Å². The number of aliphatic hydroxyl groups is 1. The second-order valence-corrected chi connectivity index (χ2v) is 27.7. The maximum Gasteiger partial charge on any atom is 0.326 e. The molecule has 31 N–H and O–H groups in total. The number of nitrogens with two attached hydrogens (primary N) is 4. The van der Waals surface area contributed by atoms with Crippen molar-refractivity contribution in [3.63, 3.8) is 0 Å². The highest BCUT2D eigenvalue weighted by molar-refractivity contribution is 6.00. The number of aliphatic carboxylic acids is 3. The van der Waals surface area contributed by atoms with Gasteiger partial charge < -0.3 is 137 Å². The summed E-state index contributed by atoms with van der Waals surface area (Å²) in [4.78, 5) is 230. The number of nitrogens with zero attached hydrogens (tertiary/aromatic N) is 5. The van der Waals surface area contributed by atoms with E-state index >= 15 is 0 Å². The fourth-order valence-electron chi connectivity index (χ4n) is 12.8. The van der Waals surface area contributed by atoms with Crippen molar-refractivity contribution in [1.82, 2.24) is 109 Å². The topological polar surface area (TPSA) is 762 Å². The van der Waals surface area contributed by atoms with Crippen LogP contribution in [0.4, 0.5) is 0 Å². The Bertz CT molecular complexity index is 4060. The van der Waals surface area contributed by atoms with Gasteiger partial charge in [-0.15, -0.1) is 0 Å². The van der Waals surface area contributed by atoms with Crippen molar-refractivity contribution < 1.29 is 92.3 Å². The van der Waals surface area contributed by atoms with E-state index in [9.17, 15) is 87.2 Å². The number of nitrogens with one attached hydrogen (secondary N) is 19. The number of aromatic amines is 3. The smallest absolute Gasteiger partial charge is 0.326 e. The molecule has 2 fully saturated rings. The average molecular weight is 1640 g/mol. The number of hydrogen-bond donors (Lipinski definition) is 27. The Labute approximate surface area is 669 Å². The first kappa shape index (κ1) is 92.5. The zero-order valence-electron chi connectivity index (χ0n) is 63.9. The number of carbonyl (C=O) groups excluding carboxylic acids is 12. The van der Waals surface area contributed by atoms with E-state index < -0.39 is 212 Å². The summed E-state index contributed by atoms with van der Waals surface area (Å²) >= 11 is 0. The molecule has 6 rings (SSSR count). The van der Waals surface area contributed by atoms with Gasteiger partial charge in [-0.05, 0) is 82.6 Å². The van der Waals surface area contributed by atoms with Crippen molar-refractivity contribution in [2.24, 2.45) is 22.9 Å². The lowest BCUT2D eigenvalue weighted by molar-refractivity contribution is -0.144.